The zero-order chi connectivity index (χ0) is 41.2. The van der Waals surface area contributed by atoms with E-state index in [2.05, 4.69) is 28.3 Å². The van der Waals surface area contributed by atoms with Gasteiger partial charge in [-0.15, -0.1) is 0 Å². The van der Waals surface area contributed by atoms with Crippen molar-refractivity contribution in [1.29, 1.82) is 0 Å². The van der Waals surface area contributed by atoms with E-state index in [1.807, 2.05) is 0 Å². The minimum Gasteiger partial charge on any atom is 0 e. The minimum atomic E-state index is 0. The third kappa shape index (κ3) is 179. The van der Waals surface area contributed by atoms with Gasteiger partial charge < -0.3 is 28.8 Å². The molecule has 0 bridgehead atoms. The maximum atomic E-state index is 8.46. The van der Waals surface area contributed by atoms with Crippen LogP contribution >= 0.6 is 28.3 Å². The molecule has 0 aliphatic carbocycles. The summed E-state index contributed by atoms with van der Waals surface area (Å²) >= 11 is 4.83. The van der Waals surface area contributed by atoms with E-state index in [1.165, 1.54) is 60.8 Å². The summed E-state index contributed by atoms with van der Waals surface area (Å²) in [5.74, 6) is 2.25. The Kier molecular flexibility index (Phi) is 89.2. The summed E-state index contributed by atoms with van der Waals surface area (Å²) < 4.78 is 0. The van der Waals surface area contributed by atoms with Crippen LogP contribution in [0.4, 0.5) is 0 Å². The van der Waals surface area contributed by atoms with Crippen molar-refractivity contribution < 1.29 is 114 Å². The maximum Gasteiger partial charge on any atom is 0 e. The topological polar surface area (TPSA) is 257 Å². The van der Waals surface area contributed by atoms with Gasteiger partial charge in [-0.3, -0.25) is 28.8 Å². The first-order valence-electron chi connectivity index (χ1n) is 12.9. The SMILES string of the molecule is CC(=[OH+])CC(C)=[OH+].CC(=[OH+])CC(C)=[OH+].CC(=[OH+])CC(C)=[OH+].CC(=[OH+])[CH-]C(C)=[OH+].CC(=[OH+])[CH-]C(C)=[OH+].CC(=[OH+])[CH-]C(C)=[OH+].[Cl][Pt+].[Cl][Pt+].[Cl][Pt+].[Ga]. The summed E-state index contributed by atoms with van der Waals surface area (Å²) in [6, 6.07) is 0. The molecule has 0 unspecified atom stereocenters. The Bertz CT molecular complexity index is 734. The van der Waals surface area contributed by atoms with Gasteiger partial charge in [0.15, 0.2) is 54.0 Å². The number of ketones is 12. The Morgan fingerprint density at radius 2 is 0.388 bits per heavy atom. The largest absolute Gasteiger partial charge is 0 e. The molecule has 0 aliphatic heterocycles. The van der Waals surface area contributed by atoms with Crippen molar-refractivity contribution in [2.24, 2.45) is 0 Å². The molecule has 12 N–H and O–H groups in total. The first-order chi connectivity index (χ1) is 21.8. The molecule has 0 amide bonds. The monoisotopic (exact) mass is 1370 g/mol. The van der Waals surface area contributed by atoms with Gasteiger partial charge in [-0.25, -0.2) is 0 Å². The number of halogens is 3. The minimum absolute atomic E-state index is 0. The second-order valence-corrected chi connectivity index (χ2v) is 9.22. The summed E-state index contributed by atoms with van der Waals surface area (Å²) in [4.78, 5) is 101. The van der Waals surface area contributed by atoms with E-state index in [0.717, 1.165) is 0 Å². The normalized spacial score (nSPS) is 7.29. The van der Waals surface area contributed by atoms with E-state index in [-0.39, 0.29) is 89.2 Å². The van der Waals surface area contributed by atoms with Crippen LogP contribution in [-0.2, 0) is 56.3 Å². The van der Waals surface area contributed by atoms with Crippen molar-refractivity contribution in [3.05, 3.63) is 19.3 Å². The van der Waals surface area contributed by atoms with Crippen molar-refractivity contribution in [3.8, 4) is 0 Å². The van der Waals surface area contributed by atoms with Crippen LogP contribution in [0.25, 0.3) is 0 Å². The fourth-order valence-corrected chi connectivity index (χ4v) is 2.02. The van der Waals surface area contributed by atoms with Gasteiger partial charge in [-0.05, 0) is 0 Å². The maximum absolute atomic E-state index is 8.46. The van der Waals surface area contributed by atoms with Crippen molar-refractivity contribution in [2.75, 3.05) is 0 Å². The van der Waals surface area contributed by atoms with E-state index in [9.17, 15) is 0 Å². The molecule has 19 heteroatoms. The molecule has 0 spiro atoms. The molecule has 0 aromatic heterocycles. The fraction of sp³-hybridized carbons (Fsp3) is 0.500. The molecular weight excluding hydrogens is 1310 g/mol. The molecule has 0 aromatic rings. The van der Waals surface area contributed by atoms with Crippen molar-refractivity contribution >= 4 is 117 Å². The molecule has 49 heavy (non-hydrogen) atoms. The molecule has 3 radical (unpaired) electrons. The second-order valence-electron chi connectivity index (χ2n) is 9.22. The van der Waals surface area contributed by atoms with Gasteiger partial charge in [-0.2, -0.15) is 19.3 Å². The van der Waals surface area contributed by atoms with Crippen molar-refractivity contribution in [1.82, 2.24) is 0 Å². The van der Waals surface area contributed by atoms with Crippen LogP contribution in [-0.4, -0.2) is 147 Å². The van der Waals surface area contributed by atoms with Gasteiger partial charge in [0.05, 0.1) is 0 Å². The predicted molar refractivity (Wildman–Crippen MR) is 201 cm³/mol. The second kappa shape index (κ2) is 59.4. The summed E-state index contributed by atoms with van der Waals surface area (Å²) in [6.45, 7) is 18.3. The Morgan fingerprint density at radius 1 is 0.306 bits per heavy atom. The van der Waals surface area contributed by atoms with Gasteiger partial charge in [-0.1, -0.05) is 0 Å². The fourth-order valence-electron chi connectivity index (χ4n) is 2.02. The molecule has 0 aliphatic rings. The Hall–Kier alpha value is -0.779. The van der Waals surface area contributed by atoms with Crippen LogP contribution in [0.3, 0.4) is 0 Å². The van der Waals surface area contributed by atoms with E-state index in [4.69, 9.17) is 57.5 Å². The van der Waals surface area contributed by atoms with Crippen LogP contribution in [0.5, 0.6) is 0 Å². The molecule has 0 saturated heterocycles. The number of hydrogen-bond acceptors (Lipinski definition) is 0. The van der Waals surface area contributed by atoms with Crippen molar-refractivity contribution in [3.63, 3.8) is 0 Å². The third-order valence-corrected chi connectivity index (χ3v) is 2.79. The molecule has 0 aromatic carbocycles. The van der Waals surface area contributed by atoms with Crippen LogP contribution in [0.15, 0.2) is 0 Å². The average Bonchev–Trinajstić information content (AvgIpc) is 2.84. The molecule has 0 rings (SSSR count). The zero-order valence-corrected chi connectivity index (χ0v) is 41.4. The molecule has 0 saturated carbocycles. The zero-order valence-electron chi connectivity index (χ0n) is 29.9. The van der Waals surface area contributed by atoms with Crippen LogP contribution in [0.1, 0.15) is 102 Å². The van der Waals surface area contributed by atoms with E-state index in [0.29, 0.717) is 19.3 Å². The van der Waals surface area contributed by atoms with E-state index < -0.39 is 0 Å². The van der Waals surface area contributed by atoms with E-state index >= 15 is 0 Å². The Labute approximate surface area is 349 Å². The Morgan fingerprint density at radius 3 is 0.388 bits per heavy atom. The van der Waals surface area contributed by atoms with Crippen molar-refractivity contribution in [2.45, 2.75) is 102 Å². The number of hydrogen-bond donors (Lipinski definition) is 0. The number of rotatable bonds is 12. The van der Waals surface area contributed by atoms with Gasteiger partial charge >= 0.3 is 119 Å². The molecule has 12 nitrogen and oxygen atoms in total. The molecule has 0 atom stereocenters. The quantitative estimate of drug-likeness (QED) is 0.116. The average molecular weight is 1370 g/mol. The number of carbonyl (C=O) groups excluding carboxylic acids is 12. The first kappa shape index (κ1) is 73.6. The van der Waals surface area contributed by atoms with Crippen LogP contribution in [0.2, 0.25) is 0 Å². The first-order valence-corrected chi connectivity index (χ1v) is 21.3. The Balaban J connectivity index is -0.0000000449. The van der Waals surface area contributed by atoms with Gasteiger partial charge in [0.2, 0.25) is 0 Å². The van der Waals surface area contributed by atoms with Gasteiger partial charge in [0, 0.05) is 103 Å². The summed E-state index contributed by atoms with van der Waals surface area (Å²) in [7, 11) is 13.8. The third-order valence-electron chi connectivity index (χ3n) is 2.79. The molecular formula is C30H57Cl3GaO12Pt3+12. The molecule has 291 valence electrons. The summed E-state index contributed by atoms with van der Waals surface area (Å²) in [5, 5.41) is 0. The molecule has 0 fully saturated rings. The van der Waals surface area contributed by atoms with Crippen LogP contribution < -0.4 is 0 Å². The van der Waals surface area contributed by atoms with E-state index in [1.54, 1.807) is 97.9 Å². The predicted octanol–water partition coefficient (Wildman–Crippen LogP) is 4.16. The van der Waals surface area contributed by atoms with Crippen LogP contribution in [0, 0.1) is 19.3 Å². The standard InChI is InChI=1S/3C5H8O2.3C5H7O2.3ClH.Ga.3Pt/c6*1-4(6)3-5(2)7;;;;;;;/h3*3H2,1-2H3;3*3H,1-2H3;3*1H;;;;/q;;;3*-1;;;;;3*+2/p+9. The van der Waals surface area contributed by atoms with Gasteiger partial charge in [0.25, 0.3) is 0 Å². The summed E-state index contributed by atoms with van der Waals surface area (Å²) in [6.07, 6.45) is 4.75. The smallest absolute Gasteiger partial charge is 0 e. The summed E-state index contributed by atoms with van der Waals surface area (Å²) in [5.41, 5.74) is 0. The van der Waals surface area contributed by atoms with Gasteiger partial charge in [0.1, 0.15) is 0 Å². The molecule has 0 heterocycles.